The van der Waals surface area contributed by atoms with E-state index in [9.17, 15) is 13.2 Å². The third-order valence-corrected chi connectivity index (χ3v) is 3.13. The lowest BCUT2D eigenvalue weighted by molar-refractivity contribution is -0.139. The maximum atomic E-state index is 10.8. The van der Waals surface area contributed by atoms with Gasteiger partial charge in [-0.3, -0.25) is 4.79 Å². The molecule has 1 fully saturated rings. The van der Waals surface area contributed by atoms with Crippen LogP contribution in [0.1, 0.15) is 6.42 Å². The van der Waals surface area contributed by atoms with E-state index in [1.165, 1.54) is 0 Å². The summed E-state index contributed by atoms with van der Waals surface area (Å²) in [6, 6.07) is 0. The van der Waals surface area contributed by atoms with Crippen molar-refractivity contribution in [3.63, 3.8) is 0 Å². The smallest absolute Gasteiger partial charge is 0.305 e. The molecular formula is C8H17N3O4S. The number of hydrogen-bond donors (Lipinski definition) is 4. The summed E-state index contributed by atoms with van der Waals surface area (Å²) in [6.07, 6.45) is 1.13. The summed E-state index contributed by atoms with van der Waals surface area (Å²) in [5.41, 5.74) is -0.426. The lowest BCUT2D eigenvalue weighted by atomic mass is 9.88. The van der Waals surface area contributed by atoms with Gasteiger partial charge in [0.1, 0.15) is 0 Å². The lowest BCUT2D eigenvalue weighted by Crippen LogP contribution is -2.69. The number of hydrogen-bond acceptors (Lipinski definition) is 5. The molecule has 8 heteroatoms. The zero-order valence-corrected chi connectivity index (χ0v) is 9.93. The van der Waals surface area contributed by atoms with Gasteiger partial charge in [0.05, 0.1) is 18.2 Å². The van der Waals surface area contributed by atoms with Gasteiger partial charge in [0.2, 0.25) is 10.0 Å². The summed E-state index contributed by atoms with van der Waals surface area (Å²) in [6.45, 7) is 1.87. The Morgan fingerprint density at radius 1 is 1.44 bits per heavy atom. The molecule has 0 aliphatic carbocycles. The van der Waals surface area contributed by atoms with Crippen LogP contribution in [0.15, 0.2) is 0 Å². The Balaban J connectivity index is 2.27. The van der Waals surface area contributed by atoms with E-state index in [0.717, 1.165) is 6.26 Å². The Labute approximate surface area is 94.7 Å². The first kappa shape index (κ1) is 13.4. The molecule has 7 nitrogen and oxygen atoms in total. The minimum absolute atomic E-state index is 0.0406. The summed E-state index contributed by atoms with van der Waals surface area (Å²) < 4.78 is 23.9. The van der Waals surface area contributed by atoms with Crippen LogP contribution < -0.4 is 15.4 Å². The van der Waals surface area contributed by atoms with Crippen molar-refractivity contribution in [1.82, 2.24) is 15.4 Å². The molecule has 0 saturated carbocycles. The number of carboxylic acids is 1. The third-order valence-electron chi connectivity index (χ3n) is 2.41. The van der Waals surface area contributed by atoms with E-state index in [0.29, 0.717) is 19.6 Å². The van der Waals surface area contributed by atoms with Crippen molar-refractivity contribution < 1.29 is 18.3 Å². The maximum Gasteiger partial charge on any atom is 0.305 e. The molecule has 0 amide bonds. The lowest BCUT2D eigenvalue weighted by Gasteiger charge is -2.42. The highest BCUT2D eigenvalue weighted by atomic mass is 32.2. The van der Waals surface area contributed by atoms with Gasteiger partial charge in [0.15, 0.2) is 0 Å². The molecule has 94 valence electrons. The monoisotopic (exact) mass is 251 g/mol. The molecular weight excluding hydrogens is 234 g/mol. The van der Waals surface area contributed by atoms with Crippen LogP contribution in [0.2, 0.25) is 0 Å². The highest BCUT2D eigenvalue weighted by Gasteiger charge is 2.38. The molecule has 4 N–H and O–H groups in total. The molecule has 1 rings (SSSR count). The largest absolute Gasteiger partial charge is 0.481 e. The topological polar surface area (TPSA) is 108 Å². The van der Waals surface area contributed by atoms with Crippen LogP contribution in [0.5, 0.6) is 0 Å². The van der Waals surface area contributed by atoms with Crippen molar-refractivity contribution in [2.24, 2.45) is 0 Å². The molecule has 0 unspecified atom stereocenters. The van der Waals surface area contributed by atoms with Crippen LogP contribution in [0.25, 0.3) is 0 Å². The van der Waals surface area contributed by atoms with E-state index < -0.39 is 21.5 Å². The predicted molar refractivity (Wildman–Crippen MR) is 58.7 cm³/mol. The molecule has 1 saturated heterocycles. The van der Waals surface area contributed by atoms with E-state index in [1.54, 1.807) is 0 Å². The van der Waals surface area contributed by atoms with Crippen molar-refractivity contribution >= 4 is 16.0 Å². The van der Waals surface area contributed by atoms with Gasteiger partial charge in [0, 0.05) is 26.2 Å². The van der Waals surface area contributed by atoms with Gasteiger partial charge in [-0.25, -0.2) is 13.1 Å². The second-order valence-electron chi connectivity index (χ2n) is 4.05. The normalized spacial score (nSPS) is 19.1. The fourth-order valence-corrected chi connectivity index (χ4v) is 2.07. The van der Waals surface area contributed by atoms with E-state index in [1.807, 2.05) is 0 Å². The van der Waals surface area contributed by atoms with Crippen LogP contribution in [-0.4, -0.2) is 57.5 Å². The van der Waals surface area contributed by atoms with E-state index >= 15 is 0 Å². The Hall–Kier alpha value is -0.700. The van der Waals surface area contributed by atoms with Gasteiger partial charge in [-0.1, -0.05) is 0 Å². The zero-order valence-electron chi connectivity index (χ0n) is 9.12. The highest BCUT2D eigenvalue weighted by molar-refractivity contribution is 7.88. The van der Waals surface area contributed by atoms with Crippen molar-refractivity contribution in [2.45, 2.75) is 12.0 Å². The highest BCUT2D eigenvalue weighted by Crippen LogP contribution is 2.15. The average molecular weight is 251 g/mol. The summed E-state index contributed by atoms with van der Waals surface area (Å²) in [5.74, 6) is -0.856. The molecule has 0 aromatic heterocycles. The van der Waals surface area contributed by atoms with Gasteiger partial charge >= 0.3 is 5.97 Å². The first-order valence-corrected chi connectivity index (χ1v) is 6.84. The van der Waals surface area contributed by atoms with Gasteiger partial charge in [-0.15, -0.1) is 0 Å². The fraction of sp³-hybridized carbons (Fsp3) is 0.875. The zero-order chi connectivity index (χ0) is 12.2. The average Bonchev–Trinajstić information content (AvgIpc) is 2.05. The minimum Gasteiger partial charge on any atom is -0.481 e. The molecule has 16 heavy (non-hydrogen) atoms. The van der Waals surface area contributed by atoms with Gasteiger partial charge < -0.3 is 15.7 Å². The number of nitrogens with one attached hydrogen (secondary N) is 3. The van der Waals surface area contributed by atoms with Crippen LogP contribution in [0.3, 0.4) is 0 Å². The van der Waals surface area contributed by atoms with Gasteiger partial charge in [-0.05, 0) is 0 Å². The van der Waals surface area contributed by atoms with Gasteiger partial charge in [0.25, 0.3) is 0 Å². The minimum atomic E-state index is -3.18. The predicted octanol–water partition coefficient (Wildman–Crippen LogP) is -2.06. The quantitative estimate of drug-likeness (QED) is 0.388. The van der Waals surface area contributed by atoms with E-state index in [2.05, 4.69) is 15.4 Å². The summed E-state index contributed by atoms with van der Waals surface area (Å²) in [4.78, 5) is 10.6. The van der Waals surface area contributed by atoms with Crippen molar-refractivity contribution in [2.75, 3.05) is 32.4 Å². The Kier molecular flexibility index (Phi) is 4.25. The summed E-state index contributed by atoms with van der Waals surface area (Å²) in [7, 11) is -3.18. The molecule has 0 aromatic rings. The number of carbonyl (C=O) groups is 1. The Morgan fingerprint density at radius 2 is 2.06 bits per heavy atom. The molecule has 0 spiro atoms. The first-order chi connectivity index (χ1) is 7.33. The van der Waals surface area contributed by atoms with Crippen LogP contribution in [-0.2, 0) is 14.8 Å². The van der Waals surface area contributed by atoms with E-state index in [-0.39, 0.29) is 13.0 Å². The summed E-state index contributed by atoms with van der Waals surface area (Å²) >= 11 is 0. The standard InChI is InChI=1S/C8H17N3O4S/c1-16(14,15)11-3-2-10-8(4-7(12)13)5-9-6-8/h9-11H,2-6H2,1H3,(H,12,13). The van der Waals surface area contributed by atoms with Crippen molar-refractivity contribution in [3.8, 4) is 0 Å². The molecule has 1 heterocycles. The van der Waals surface area contributed by atoms with Crippen molar-refractivity contribution in [1.29, 1.82) is 0 Å². The number of rotatable bonds is 7. The molecule has 0 bridgehead atoms. The first-order valence-electron chi connectivity index (χ1n) is 4.95. The van der Waals surface area contributed by atoms with Crippen LogP contribution in [0, 0.1) is 0 Å². The second kappa shape index (κ2) is 5.09. The maximum absolute atomic E-state index is 10.8. The number of aliphatic carboxylic acids is 1. The molecule has 0 atom stereocenters. The molecule has 1 aliphatic rings. The third kappa shape index (κ3) is 4.44. The van der Waals surface area contributed by atoms with Gasteiger partial charge in [-0.2, -0.15) is 0 Å². The number of sulfonamides is 1. The molecule has 0 radical (unpaired) electrons. The SMILES string of the molecule is CS(=O)(=O)NCCNC1(CC(=O)O)CNC1. The second-order valence-corrected chi connectivity index (χ2v) is 5.88. The Bertz CT molecular complexity index is 350. The molecule has 0 aromatic carbocycles. The van der Waals surface area contributed by atoms with Crippen LogP contribution in [0.4, 0.5) is 0 Å². The van der Waals surface area contributed by atoms with Crippen LogP contribution >= 0.6 is 0 Å². The van der Waals surface area contributed by atoms with E-state index in [4.69, 9.17) is 5.11 Å². The summed E-state index contributed by atoms with van der Waals surface area (Å²) in [5, 5.41) is 14.8. The van der Waals surface area contributed by atoms with Crippen molar-refractivity contribution in [3.05, 3.63) is 0 Å². The Morgan fingerprint density at radius 3 is 2.44 bits per heavy atom. The fourth-order valence-electron chi connectivity index (χ4n) is 1.59. The number of carboxylic acid groups (broad SMARTS) is 1. The molecule has 1 aliphatic heterocycles.